The number of anilines is 1. The highest BCUT2D eigenvalue weighted by atomic mass is 19.2. The van der Waals surface area contributed by atoms with Gasteiger partial charge < -0.3 is 10.5 Å². The maximum absolute atomic E-state index is 15.4. The third-order valence-corrected chi connectivity index (χ3v) is 6.93. The SMILES string of the molecule is CCn1nc2c3c1-c1cnc(N)c(c1)O[C@H](C)c1c(F)c(F)cc(F)c1-c1nn(C)cc1C3CC2. The van der Waals surface area contributed by atoms with Crippen LogP contribution >= 0.6 is 0 Å². The fraction of sp³-hybridized carbons (Fsp3) is 0.320. The number of halogens is 3. The van der Waals surface area contributed by atoms with E-state index in [9.17, 15) is 4.39 Å². The summed E-state index contributed by atoms with van der Waals surface area (Å²) in [5, 5.41) is 9.35. The zero-order valence-electron chi connectivity index (χ0n) is 19.4. The van der Waals surface area contributed by atoms with Gasteiger partial charge in [0.1, 0.15) is 11.9 Å². The number of hydrogen-bond acceptors (Lipinski definition) is 5. The summed E-state index contributed by atoms with van der Waals surface area (Å²) in [6, 6.07) is 2.29. The van der Waals surface area contributed by atoms with Crippen molar-refractivity contribution in [3.05, 3.63) is 64.4 Å². The lowest BCUT2D eigenvalue weighted by atomic mass is 9.87. The molecule has 0 saturated carbocycles. The first-order valence-electron chi connectivity index (χ1n) is 11.5. The fourth-order valence-corrected chi connectivity index (χ4v) is 5.47. The summed E-state index contributed by atoms with van der Waals surface area (Å²) in [4.78, 5) is 4.31. The van der Waals surface area contributed by atoms with Crippen LogP contribution in [-0.2, 0) is 20.0 Å². The van der Waals surface area contributed by atoms with E-state index in [2.05, 4.69) is 10.1 Å². The van der Waals surface area contributed by atoms with E-state index in [1.54, 1.807) is 24.0 Å². The Bertz CT molecular complexity index is 1510. The van der Waals surface area contributed by atoms with Gasteiger partial charge in [-0.2, -0.15) is 10.2 Å². The lowest BCUT2D eigenvalue weighted by Gasteiger charge is -2.23. The third-order valence-electron chi connectivity index (χ3n) is 6.93. The molecule has 2 bridgehead atoms. The van der Waals surface area contributed by atoms with Crippen LogP contribution in [-0.4, -0.2) is 24.5 Å². The summed E-state index contributed by atoms with van der Waals surface area (Å²) in [6.07, 6.45) is 3.85. The summed E-state index contributed by atoms with van der Waals surface area (Å²) >= 11 is 0. The van der Waals surface area contributed by atoms with Crippen molar-refractivity contribution >= 4 is 5.82 Å². The Kier molecular flexibility index (Phi) is 4.71. The molecule has 0 fully saturated rings. The lowest BCUT2D eigenvalue weighted by molar-refractivity contribution is 0.220. The molecule has 0 spiro atoms. The van der Waals surface area contributed by atoms with E-state index in [-0.39, 0.29) is 34.3 Å². The van der Waals surface area contributed by atoms with Crippen molar-refractivity contribution in [2.75, 3.05) is 5.73 Å². The topological polar surface area (TPSA) is 83.8 Å². The van der Waals surface area contributed by atoms with Gasteiger partial charge in [-0.1, -0.05) is 0 Å². The van der Waals surface area contributed by atoms with Gasteiger partial charge in [0.2, 0.25) is 0 Å². The molecule has 0 amide bonds. The number of aryl methyl sites for hydroxylation is 3. The minimum absolute atomic E-state index is 0.0887. The summed E-state index contributed by atoms with van der Waals surface area (Å²) in [6.45, 7) is 4.16. The first kappa shape index (κ1) is 21.7. The average Bonchev–Trinajstić information content (AvgIpc) is 3.49. The van der Waals surface area contributed by atoms with Gasteiger partial charge in [-0.15, -0.1) is 0 Å². The molecule has 2 atom stereocenters. The molecule has 35 heavy (non-hydrogen) atoms. The van der Waals surface area contributed by atoms with Gasteiger partial charge in [0.05, 0.1) is 17.1 Å². The van der Waals surface area contributed by atoms with E-state index in [0.717, 1.165) is 40.9 Å². The minimum Gasteiger partial charge on any atom is -0.482 e. The molecule has 3 aromatic heterocycles. The van der Waals surface area contributed by atoms with Crippen LogP contribution in [0.25, 0.3) is 22.5 Å². The van der Waals surface area contributed by atoms with Crippen molar-refractivity contribution < 1.29 is 17.9 Å². The number of hydrogen-bond donors (Lipinski definition) is 1. The molecule has 180 valence electrons. The number of aromatic nitrogens is 5. The largest absolute Gasteiger partial charge is 0.482 e. The molecule has 0 radical (unpaired) electrons. The van der Waals surface area contributed by atoms with Crippen LogP contribution < -0.4 is 10.5 Å². The standard InChI is InChI=1S/C25H23F3N6O/c1-4-34-24-12-7-18(25(29)30-9-12)35-11(2)19-21(15(26)8-16(27)22(19)28)23-14(10-33(3)32-23)13-5-6-17(31-34)20(13)24/h7-11,13H,4-6H2,1-3H3,(H2,29,30)/t11-,13?/m1/s1. The number of rotatable bonds is 1. The Morgan fingerprint density at radius 3 is 2.71 bits per heavy atom. The normalized spacial score (nSPS) is 18.2. The van der Waals surface area contributed by atoms with Crippen molar-refractivity contribution in [3.63, 3.8) is 0 Å². The van der Waals surface area contributed by atoms with Crippen molar-refractivity contribution in [3.8, 4) is 28.3 Å². The van der Waals surface area contributed by atoms with Crippen molar-refractivity contribution in [2.45, 2.75) is 45.3 Å². The Balaban J connectivity index is 1.74. The Morgan fingerprint density at radius 1 is 1.14 bits per heavy atom. The van der Waals surface area contributed by atoms with Gasteiger partial charge >= 0.3 is 0 Å². The Hall–Kier alpha value is -3.82. The molecule has 4 heterocycles. The lowest BCUT2D eigenvalue weighted by Crippen LogP contribution is -2.14. The number of ether oxygens (including phenoxy) is 1. The molecule has 6 rings (SSSR count). The molecule has 4 aromatic rings. The van der Waals surface area contributed by atoms with Crippen LogP contribution in [0.4, 0.5) is 19.0 Å². The minimum atomic E-state index is -1.30. The van der Waals surface area contributed by atoms with Gasteiger partial charge in [0.25, 0.3) is 0 Å². The van der Waals surface area contributed by atoms with Gasteiger partial charge in [0.15, 0.2) is 23.2 Å². The highest BCUT2D eigenvalue weighted by molar-refractivity contribution is 5.75. The first-order valence-corrected chi connectivity index (χ1v) is 11.5. The highest BCUT2D eigenvalue weighted by Gasteiger charge is 2.37. The van der Waals surface area contributed by atoms with Crippen molar-refractivity contribution in [1.29, 1.82) is 0 Å². The molecule has 1 unspecified atom stereocenters. The number of pyridine rings is 1. The van der Waals surface area contributed by atoms with E-state index >= 15 is 8.78 Å². The number of benzene rings is 1. The summed E-state index contributed by atoms with van der Waals surface area (Å²) in [5.74, 6) is -3.27. The maximum atomic E-state index is 15.4. The average molecular weight is 480 g/mol. The van der Waals surface area contributed by atoms with E-state index in [1.807, 2.05) is 17.8 Å². The molecule has 10 heteroatoms. The Morgan fingerprint density at radius 2 is 1.94 bits per heavy atom. The highest BCUT2D eigenvalue weighted by Crippen LogP contribution is 2.48. The van der Waals surface area contributed by atoms with Crippen LogP contribution in [0, 0.1) is 17.5 Å². The van der Waals surface area contributed by atoms with Crippen LogP contribution in [0.1, 0.15) is 54.7 Å². The number of fused-ring (bicyclic) bond motifs is 7. The molecule has 2 N–H and O–H groups in total. The zero-order valence-corrected chi connectivity index (χ0v) is 19.4. The molecular formula is C25H23F3N6O. The van der Waals surface area contributed by atoms with Gasteiger partial charge in [0, 0.05) is 65.8 Å². The molecule has 0 saturated heterocycles. The van der Waals surface area contributed by atoms with Gasteiger partial charge in [-0.05, 0) is 32.8 Å². The van der Waals surface area contributed by atoms with E-state index < -0.39 is 23.6 Å². The van der Waals surface area contributed by atoms with Gasteiger partial charge in [-0.25, -0.2) is 18.2 Å². The number of nitrogens with zero attached hydrogens (tertiary/aromatic N) is 5. The second kappa shape index (κ2) is 7.59. The number of nitrogen functional groups attached to an aromatic ring is 1. The molecule has 7 nitrogen and oxygen atoms in total. The predicted octanol–water partition coefficient (Wildman–Crippen LogP) is 4.90. The Labute approximate surface area is 199 Å². The van der Waals surface area contributed by atoms with Crippen LogP contribution in [0.2, 0.25) is 0 Å². The van der Waals surface area contributed by atoms with E-state index in [1.165, 1.54) is 6.92 Å². The molecule has 1 aromatic carbocycles. The second-order valence-electron chi connectivity index (χ2n) is 9.03. The van der Waals surface area contributed by atoms with Gasteiger partial charge in [-0.3, -0.25) is 9.36 Å². The van der Waals surface area contributed by atoms with Crippen LogP contribution in [0.15, 0.2) is 24.5 Å². The maximum Gasteiger partial charge on any atom is 0.166 e. The van der Waals surface area contributed by atoms with Crippen molar-refractivity contribution in [2.24, 2.45) is 7.05 Å². The molecular weight excluding hydrogens is 457 g/mol. The van der Waals surface area contributed by atoms with Crippen LogP contribution in [0.3, 0.4) is 0 Å². The van der Waals surface area contributed by atoms with E-state index in [0.29, 0.717) is 12.6 Å². The summed E-state index contributed by atoms with van der Waals surface area (Å²) in [5.41, 5.74) is 10.3. The third kappa shape index (κ3) is 3.08. The van der Waals surface area contributed by atoms with Crippen molar-refractivity contribution in [1.82, 2.24) is 24.5 Å². The summed E-state index contributed by atoms with van der Waals surface area (Å²) < 4.78 is 54.6. The summed E-state index contributed by atoms with van der Waals surface area (Å²) in [7, 11) is 1.72. The predicted molar refractivity (Wildman–Crippen MR) is 123 cm³/mol. The molecule has 1 aliphatic carbocycles. The quantitative estimate of drug-likeness (QED) is 0.392. The van der Waals surface area contributed by atoms with Crippen LogP contribution in [0.5, 0.6) is 5.75 Å². The fourth-order valence-electron chi connectivity index (χ4n) is 5.47. The molecule has 2 aliphatic rings. The van der Waals surface area contributed by atoms with E-state index in [4.69, 9.17) is 15.6 Å². The smallest absolute Gasteiger partial charge is 0.166 e. The number of nitrogens with two attached hydrogens (primary N) is 1. The first-order chi connectivity index (χ1) is 16.8. The monoisotopic (exact) mass is 480 g/mol. The second-order valence-corrected chi connectivity index (χ2v) is 9.03. The molecule has 1 aliphatic heterocycles. The zero-order chi connectivity index (χ0) is 24.6.